The standard InChI is InChI=1S/C18H22N4O/c1-13-5-6-14(15(11-13)22-9-3-2-4-10-22)12-16(23)17-18(19)21-8-7-20-17/h5-8,11H,2-4,9-10,12H2,1H3,(H2,19,21). The lowest BCUT2D eigenvalue weighted by molar-refractivity contribution is 0.0989. The lowest BCUT2D eigenvalue weighted by atomic mass is 10.0. The van der Waals surface area contributed by atoms with E-state index >= 15 is 0 Å². The number of anilines is 2. The number of Topliss-reactive ketones (excluding diaryl/α,β-unsaturated/α-hetero) is 1. The Labute approximate surface area is 136 Å². The van der Waals surface area contributed by atoms with Crippen molar-refractivity contribution in [3.05, 3.63) is 47.4 Å². The molecule has 0 amide bonds. The summed E-state index contributed by atoms with van der Waals surface area (Å²) in [5.41, 5.74) is 9.45. The Morgan fingerprint density at radius 1 is 1.17 bits per heavy atom. The van der Waals surface area contributed by atoms with Crippen LogP contribution in [0.25, 0.3) is 0 Å². The molecule has 0 atom stereocenters. The predicted molar refractivity (Wildman–Crippen MR) is 91.7 cm³/mol. The number of nitrogens with zero attached hydrogens (tertiary/aromatic N) is 3. The smallest absolute Gasteiger partial charge is 0.189 e. The van der Waals surface area contributed by atoms with Gasteiger partial charge >= 0.3 is 0 Å². The summed E-state index contributed by atoms with van der Waals surface area (Å²) in [4.78, 5) is 23.0. The highest BCUT2D eigenvalue weighted by Gasteiger charge is 2.19. The zero-order valence-corrected chi connectivity index (χ0v) is 13.5. The van der Waals surface area contributed by atoms with Gasteiger partial charge in [0.15, 0.2) is 11.6 Å². The van der Waals surface area contributed by atoms with Gasteiger partial charge in [-0.05, 0) is 43.4 Å². The monoisotopic (exact) mass is 310 g/mol. The molecule has 0 unspecified atom stereocenters. The molecule has 1 saturated heterocycles. The maximum absolute atomic E-state index is 12.6. The quantitative estimate of drug-likeness (QED) is 0.879. The van der Waals surface area contributed by atoms with Crippen LogP contribution in [-0.4, -0.2) is 28.8 Å². The average Bonchev–Trinajstić information content (AvgIpc) is 2.57. The maximum Gasteiger partial charge on any atom is 0.189 e. The van der Waals surface area contributed by atoms with Crippen LogP contribution in [0.2, 0.25) is 0 Å². The molecule has 0 radical (unpaired) electrons. The van der Waals surface area contributed by atoms with E-state index < -0.39 is 0 Å². The first-order chi connectivity index (χ1) is 11.1. The molecule has 3 rings (SSSR count). The van der Waals surface area contributed by atoms with Crippen LogP contribution in [0.4, 0.5) is 11.5 Å². The van der Waals surface area contributed by atoms with E-state index in [4.69, 9.17) is 5.73 Å². The summed E-state index contributed by atoms with van der Waals surface area (Å²) < 4.78 is 0. The van der Waals surface area contributed by atoms with E-state index in [9.17, 15) is 4.79 Å². The molecule has 5 nitrogen and oxygen atoms in total. The summed E-state index contributed by atoms with van der Waals surface area (Å²) in [6.07, 6.45) is 7.00. The number of benzene rings is 1. The molecule has 1 aliphatic heterocycles. The molecule has 2 N–H and O–H groups in total. The molecular formula is C18H22N4O. The third-order valence-corrected chi connectivity index (χ3v) is 4.28. The van der Waals surface area contributed by atoms with Crippen LogP contribution in [0.1, 0.15) is 40.9 Å². The third-order valence-electron chi connectivity index (χ3n) is 4.28. The number of nitrogens with two attached hydrogens (primary N) is 1. The molecule has 1 aromatic heterocycles. The molecule has 120 valence electrons. The summed E-state index contributed by atoms with van der Waals surface area (Å²) in [6, 6.07) is 6.27. The number of piperidine rings is 1. The van der Waals surface area contributed by atoms with Crippen molar-refractivity contribution in [3.63, 3.8) is 0 Å². The fourth-order valence-electron chi connectivity index (χ4n) is 3.07. The normalized spacial score (nSPS) is 14.7. The highest BCUT2D eigenvalue weighted by molar-refractivity contribution is 5.99. The van der Waals surface area contributed by atoms with Gasteiger partial charge < -0.3 is 10.6 Å². The van der Waals surface area contributed by atoms with E-state index in [-0.39, 0.29) is 17.3 Å². The van der Waals surface area contributed by atoms with Gasteiger partial charge in [0.25, 0.3) is 0 Å². The van der Waals surface area contributed by atoms with Crippen molar-refractivity contribution in [1.29, 1.82) is 0 Å². The van der Waals surface area contributed by atoms with Crippen molar-refractivity contribution in [2.45, 2.75) is 32.6 Å². The molecule has 1 aromatic carbocycles. The maximum atomic E-state index is 12.6. The Morgan fingerprint density at radius 3 is 2.65 bits per heavy atom. The van der Waals surface area contributed by atoms with Crippen LogP contribution in [0.5, 0.6) is 0 Å². The third kappa shape index (κ3) is 3.50. The first-order valence-electron chi connectivity index (χ1n) is 8.09. The van der Waals surface area contributed by atoms with Crippen molar-refractivity contribution in [2.75, 3.05) is 23.7 Å². The lowest BCUT2D eigenvalue weighted by Crippen LogP contribution is -2.30. The van der Waals surface area contributed by atoms with E-state index in [0.717, 1.165) is 18.7 Å². The van der Waals surface area contributed by atoms with Crippen LogP contribution in [0.3, 0.4) is 0 Å². The van der Waals surface area contributed by atoms with Gasteiger partial charge in [0.05, 0.1) is 0 Å². The first kappa shape index (κ1) is 15.5. The van der Waals surface area contributed by atoms with E-state index in [1.807, 2.05) is 6.07 Å². The van der Waals surface area contributed by atoms with E-state index in [1.165, 1.54) is 42.9 Å². The van der Waals surface area contributed by atoms with Crippen molar-refractivity contribution in [2.24, 2.45) is 0 Å². The Kier molecular flexibility index (Phi) is 4.55. The molecule has 1 fully saturated rings. The van der Waals surface area contributed by atoms with Gasteiger partial charge in [-0.25, -0.2) is 9.97 Å². The summed E-state index contributed by atoms with van der Waals surface area (Å²) >= 11 is 0. The van der Waals surface area contributed by atoms with Gasteiger partial charge in [-0.2, -0.15) is 0 Å². The topological polar surface area (TPSA) is 72.1 Å². The Hall–Kier alpha value is -2.43. The number of nitrogen functional groups attached to an aromatic ring is 1. The molecular weight excluding hydrogens is 288 g/mol. The molecule has 2 heterocycles. The Morgan fingerprint density at radius 2 is 1.91 bits per heavy atom. The van der Waals surface area contributed by atoms with Gasteiger partial charge in [0.2, 0.25) is 0 Å². The van der Waals surface area contributed by atoms with E-state index in [0.29, 0.717) is 6.42 Å². The number of rotatable bonds is 4. The van der Waals surface area contributed by atoms with Gasteiger partial charge in [0.1, 0.15) is 5.69 Å². The van der Waals surface area contributed by atoms with E-state index in [1.54, 1.807) is 0 Å². The number of carbonyl (C=O) groups is 1. The number of aryl methyl sites for hydroxylation is 1. The summed E-state index contributed by atoms with van der Waals surface area (Å²) in [6.45, 7) is 4.19. The first-order valence-corrected chi connectivity index (χ1v) is 8.09. The number of aromatic nitrogens is 2. The van der Waals surface area contributed by atoms with Crippen molar-refractivity contribution >= 4 is 17.3 Å². The van der Waals surface area contributed by atoms with Crippen LogP contribution in [0, 0.1) is 6.92 Å². The molecule has 0 saturated carbocycles. The van der Waals surface area contributed by atoms with Crippen molar-refractivity contribution < 1.29 is 4.79 Å². The minimum Gasteiger partial charge on any atom is -0.382 e. The number of carbonyl (C=O) groups excluding carboxylic acids is 1. The zero-order chi connectivity index (χ0) is 16.2. The van der Waals surface area contributed by atoms with Gasteiger partial charge in [-0.1, -0.05) is 12.1 Å². The second kappa shape index (κ2) is 6.77. The van der Waals surface area contributed by atoms with Gasteiger partial charge in [0, 0.05) is 37.6 Å². The largest absolute Gasteiger partial charge is 0.382 e. The summed E-state index contributed by atoms with van der Waals surface area (Å²) in [5, 5.41) is 0. The molecule has 2 aromatic rings. The second-order valence-corrected chi connectivity index (χ2v) is 6.07. The highest BCUT2D eigenvalue weighted by atomic mass is 16.1. The molecule has 0 spiro atoms. The lowest BCUT2D eigenvalue weighted by Gasteiger charge is -2.31. The number of ketones is 1. The van der Waals surface area contributed by atoms with Crippen LogP contribution in [-0.2, 0) is 6.42 Å². The number of hydrogen-bond donors (Lipinski definition) is 1. The molecule has 23 heavy (non-hydrogen) atoms. The highest BCUT2D eigenvalue weighted by Crippen LogP contribution is 2.27. The fourth-order valence-corrected chi connectivity index (χ4v) is 3.07. The molecule has 5 heteroatoms. The molecule has 1 aliphatic rings. The predicted octanol–water partition coefficient (Wildman–Crippen LogP) is 2.78. The minimum atomic E-state index is -0.0855. The van der Waals surface area contributed by atoms with E-state index in [2.05, 4.69) is 33.9 Å². The minimum absolute atomic E-state index is 0.0855. The second-order valence-electron chi connectivity index (χ2n) is 6.07. The fraction of sp³-hybridized carbons (Fsp3) is 0.389. The van der Waals surface area contributed by atoms with Crippen LogP contribution in [0.15, 0.2) is 30.6 Å². The number of hydrogen-bond acceptors (Lipinski definition) is 5. The summed E-state index contributed by atoms with van der Waals surface area (Å²) in [7, 11) is 0. The van der Waals surface area contributed by atoms with Gasteiger partial charge in [-0.15, -0.1) is 0 Å². The average molecular weight is 310 g/mol. The van der Waals surface area contributed by atoms with Crippen LogP contribution < -0.4 is 10.6 Å². The Balaban J connectivity index is 1.87. The van der Waals surface area contributed by atoms with Crippen LogP contribution >= 0.6 is 0 Å². The van der Waals surface area contributed by atoms with Gasteiger partial charge in [-0.3, -0.25) is 4.79 Å². The van der Waals surface area contributed by atoms with Crippen molar-refractivity contribution in [3.8, 4) is 0 Å². The zero-order valence-electron chi connectivity index (χ0n) is 13.5. The van der Waals surface area contributed by atoms with Crippen molar-refractivity contribution in [1.82, 2.24) is 9.97 Å². The molecule has 0 aliphatic carbocycles. The summed E-state index contributed by atoms with van der Waals surface area (Å²) in [5.74, 6) is 0.113. The Bertz CT molecular complexity index is 708. The SMILES string of the molecule is Cc1ccc(CC(=O)c2nccnc2N)c(N2CCCCC2)c1. The molecule has 0 bridgehead atoms.